The van der Waals surface area contributed by atoms with E-state index in [-0.39, 0.29) is 12.0 Å². The molecule has 1 fully saturated rings. The van der Waals surface area contributed by atoms with Crippen LogP contribution in [0.2, 0.25) is 0 Å². The van der Waals surface area contributed by atoms with Crippen LogP contribution in [0.3, 0.4) is 0 Å². The van der Waals surface area contributed by atoms with Crippen LogP contribution in [-0.4, -0.2) is 65.3 Å². The van der Waals surface area contributed by atoms with E-state index < -0.39 is 0 Å². The maximum Gasteiger partial charge on any atom is 0.253 e. The van der Waals surface area contributed by atoms with Gasteiger partial charge in [-0.3, -0.25) is 9.69 Å². The van der Waals surface area contributed by atoms with E-state index in [1.807, 2.05) is 24.8 Å². The maximum absolute atomic E-state index is 13.5. The molecular formula is C31H41N3O3. The van der Waals surface area contributed by atoms with Crippen LogP contribution >= 0.6 is 0 Å². The summed E-state index contributed by atoms with van der Waals surface area (Å²) in [6.07, 6.45) is 3.13. The number of carbonyl (C=O) groups excluding carboxylic acids is 1. The lowest BCUT2D eigenvalue weighted by Gasteiger charge is -2.32. The number of carbonyl (C=O) groups is 1. The third kappa shape index (κ3) is 5.41. The summed E-state index contributed by atoms with van der Waals surface area (Å²) in [6, 6.07) is 15.3. The van der Waals surface area contributed by atoms with Crippen molar-refractivity contribution < 1.29 is 14.3 Å². The molecule has 0 radical (unpaired) electrons. The van der Waals surface area contributed by atoms with E-state index in [1.54, 1.807) is 0 Å². The summed E-state index contributed by atoms with van der Waals surface area (Å²) in [4.78, 5) is 18.0. The Bertz CT molecular complexity index is 1220. The summed E-state index contributed by atoms with van der Waals surface area (Å²) < 4.78 is 13.9. The van der Waals surface area contributed by atoms with E-state index in [2.05, 4.69) is 59.7 Å². The SMILES string of the molecule is CCOc1ccc(Cn2c3c(c4cc(C(=O)N5CCC(OCC)CC5)ccc42)CN(C(C)C)CC3)cc1. The Hall–Kier alpha value is -2.83. The Morgan fingerprint density at radius 3 is 2.43 bits per heavy atom. The molecule has 1 amide bonds. The summed E-state index contributed by atoms with van der Waals surface area (Å²) in [5.41, 5.74) is 6.06. The van der Waals surface area contributed by atoms with Crippen molar-refractivity contribution in [1.29, 1.82) is 0 Å². The predicted molar refractivity (Wildman–Crippen MR) is 148 cm³/mol. The molecule has 0 bridgehead atoms. The Labute approximate surface area is 221 Å². The van der Waals surface area contributed by atoms with Gasteiger partial charge in [0.05, 0.1) is 12.7 Å². The van der Waals surface area contributed by atoms with E-state index in [1.165, 1.54) is 27.7 Å². The van der Waals surface area contributed by atoms with E-state index in [9.17, 15) is 4.79 Å². The van der Waals surface area contributed by atoms with Gasteiger partial charge in [0.25, 0.3) is 5.91 Å². The largest absolute Gasteiger partial charge is 0.494 e. The third-order valence-electron chi connectivity index (χ3n) is 7.97. The second-order valence-corrected chi connectivity index (χ2v) is 10.6. The van der Waals surface area contributed by atoms with Crippen LogP contribution in [0.4, 0.5) is 0 Å². The van der Waals surface area contributed by atoms with Gasteiger partial charge in [-0.1, -0.05) is 12.1 Å². The van der Waals surface area contributed by atoms with Gasteiger partial charge in [-0.2, -0.15) is 0 Å². The topological polar surface area (TPSA) is 46.9 Å². The second-order valence-electron chi connectivity index (χ2n) is 10.6. The van der Waals surface area contributed by atoms with Crippen molar-refractivity contribution in [3.05, 3.63) is 64.8 Å². The van der Waals surface area contributed by atoms with Gasteiger partial charge in [0.2, 0.25) is 0 Å². The van der Waals surface area contributed by atoms with Gasteiger partial charge in [0.15, 0.2) is 0 Å². The number of nitrogens with zero attached hydrogens (tertiary/aromatic N) is 3. The molecule has 2 aromatic carbocycles. The monoisotopic (exact) mass is 503 g/mol. The molecule has 1 saturated heterocycles. The van der Waals surface area contributed by atoms with Crippen LogP contribution in [0.25, 0.3) is 10.9 Å². The van der Waals surface area contributed by atoms with Crippen LogP contribution in [0.5, 0.6) is 5.75 Å². The number of amides is 1. The molecule has 0 atom stereocenters. The molecule has 3 aromatic rings. The van der Waals surface area contributed by atoms with Crippen molar-refractivity contribution in [3.63, 3.8) is 0 Å². The molecular weight excluding hydrogens is 462 g/mol. The molecule has 0 N–H and O–H groups in total. The van der Waals surface area contributed by atoms with Gasteiger partial charge in [-0.25, -0.2) is 0 Å². The van der Waals surface area contributed by atoms with Crippen LogP contribution < -0.4 is 4.74 Å². The molecule has 37 heavy (non-hydrogen) atoms. The highest BCUT2D eigenvalue weighted by atomic mass is 16.5. The first-order valence-electron chi connectivity index (χ1n) is 14.0. The van der Waals surface area contributed by atoms with E-state index >= 15 is 0 Å². The van der Waals surface area contributed by atoms with E-state index in [0.29, 0.717) is 12.6 Å². The first-order valence-corrected chi connectivity index (χ1v) is 14.0. The fourth-order valence-electron chi connectivity index (χ4n) is 5.91. The van der Waals surface area contributed by atoms with Gasteiger partial charge in [-0.15, -0.1) is 0 Å². The molecule has 0 unspecified atom stereocenters. The van der Waals surface area contributed by atoms with Crippen LogP contribution in [0.1, 0.15) is 67.7 Å². The lowest BCUT2D eigenvalue weighted by molar-refractivity contribution is 0.0146. The lowest BCUT2D eigenvalue weighted by Crippen LogP contribution is -2.40. The Kier molecular flexibility index (Phi) is 7.87. The molecule has 6 nitrogen and oxygen atoms in total. The lowest BCUT2D eigenvalue weighted by atomic mass is 10.0. The molecule has 5 rings (SSSR count). The number of aromatic nitrogens is 1. The molecule has 198 valence electrons. The third-order valence-corrected chi connectivity index (χ3v) is 7.97. The standard InChI is InChI=1S/C31H41N3O3/c1-5-36-25-10-7-23(8-11-25)20-34-29-12-9-24(31(35)32-16-13-26(14-17-32)37-6-2)19-27(29)28-21-33(22(3)4)18-15-30(28)34/h7-12,19,22,26H,5-6,13-18,20-21H2,1-4H3. The van der Waals surface area contributed by atoms with E-state index in [0.717, 1.165) is 69.9 Å². The highest BCUT2D eigenvalue weighted by molar-refractivity contribution is 5.99. The number of hydrogen-bond donors (Lipinski definition) is 0. The van der Waals surface area contributed by atoms with Crippen molar-refractivity contribution in [1.82, 2.24) is 14.4 Å². The molecule has 6 heteroatoms. The van der Waals surface area contributed by atoms with Gasteiger partial charge < -0.3 is 18.9 Å². The first kappa shape index (κ1) is 25.8. The molecule has 1 aromatic heterocycles. The van der Waals surface area contributed by atoms with Gasteiger partial charge >= 0.3 is 0 Å². The highest BCUT2D eigenvalue weighted by Crippen LogP contribution is 2.34. The number of piperidine rings is 1. The number of rotatable bonds is 8. The van der Waals surface area contributed by atoms with Crippen molar-refractivity contribution in [3.8, 4) is 5.75 Å². The number of hydrogen-bond acceptors (Lipinski definition) is 4. The first-order chi connectivity index (χ1) is 18.0. The summed E-state index contributed by atoms with van der Waals surface area (Å²) in [5.74, 6) is 1.05. The minimum Gasteiger partial charge on any atom is -0.494 e. The molecule has 2 aliphatic heterocycles. The summed E-state index contributed by atoms with van der Waals surface area (Å²) >= 11 is 0. The molecule has 0 spiro atoms. The predicted octanol–water partition coefficient (Wildman–Crippen LogP) is 5.50. The van der Waals surface area contributed by atoms with Crippen molar-refractivity contribution >= 4 is 16.8 Å². The molecule has 2 aliphatic rings. The number of likely N-dealkylation sites (tertiary alicyclic amines) is 1. The Morgan fingerprint density at radius 2 is 1.76 bits per heavy atom. The van der Waals surface area contributed by atoms with Gasteiger partial charge in [-0.05, 0) is 82.0 Å². The zero-order valence-corrected chi connectivity index (χ0v) is 22.8. The van der Waals surface area contributed by atoms with Crippen LogP contribution in [-0.2, 0) is 24.2 Å². The maximum atomic E-state index is 13.5. The van der Waals surface area contributed by atoms with Crippen LogP contribution in [0.15, 0.2) is 42.5 Å². The van der Waals surface area contributed by atoms with Gasteiger partial charge in [0, 0.05) is 74.0 Å². The fourth-order valence-corrected chi connectivity index (χ4v) is 5.91. The minimum absolute atomic E-state index is 0.140. The zero-order valence-electron chi connectivity index (χ0n) is 22.8. The zero-order chi connectivity index (χ0) is 25.9. The molecule has 3 heterocycles. The molecule has 0 aliphatic carbocycles. The normalized spacial score (nSPS) is 16.9. The summed E-state index contributed by atoms with van der Waals surface area (Å²) in [7, 11) is 0. The average Bonchev–Trinajstić information content (AvgIpc) is 3.22. The summed E-state index contributed by atoms with van der Waals surface area (Å²) in [5, 5.41) is 1.22. The van der Waals surface area contributed by atoms with Crippen molar-refractivity contribution in [2.24, 2.45) is 0 Å². The number of ether oxygens (including phenoxy) is 2. The fraction of sp³-hybridized carbons (Fsp3) is 0.516. The minimum atomic E-state index is 0.140. The summed E-state index contributed by atoms with van der Waals surface area (Å²) in [6.45, 7) is 14.3. The van der Waals surface area contributed by atoms with Crippen molar-refractivity contribution in [2.45, 2.75) is 72.2 Å². The Morgan fingerprint density at radius 1 is 1.00 bits per heavy atom. The quantitative estimate of drug-likeness (QED) is 0.408. The highest BCUT2D eigenvalue weighted by Gasteiger charge is 2.28. The Balaban J connectivity index is 1.46. The van der Waals surface area contributed by atoms with Gasteiger partial charge in [0.1, 0.15) is 5.75 Å². The average molecular weight is 504 g/mol. The smallest absolute Gasteiger partial charge is 0.253 e. The second kappa shape index (κ2) is 11.3. The number of benzene rings is 2. The van der Waals surface area contributed by atoms with E-state index in [4.69, 9.17) is 9.47 Å². The van der Waals surface area contributed by atoms with Crippen molar-refractivity contribution in [2.75, 3.05) is 32.8 Å². The van der Waals surface area contributed by atoms with Crippen LogP contribution in [0, 0.1) is 0 Å². The molecule has 0 saturated carbocycles. The number of fused-ring (bicyclic) bond motifs is 3.